The first-order valence-electron chi connectivity index (χ1n) is 8.62. The summed E-state index contributed by atoms with van der Waals surface area (Å²) in [6.07, 6.45) is -0.341. The lowest BCUT2D eigenvalue weighted by molar-refractivity contribution is -0.136. The summed E-state index contributed by atoms with van der Waals surface area (Å²) in [5.74, 6) is -0.800. The highest BCUT2D eigenvalue weighted by Crippen LogP contribution is 2.35. The van der Waals surface area contributed by atoms with Gasteiger partial charge in [0.05, 0.1) is 16.9 Å². The molecule has 1 aromatic heterocycles. The van der Waals surface area contributed by atoms with Gasteiger partial charge in [-0.2, -0.15) is 0 Å². The van der Waals surface area contributed by atoms with Gasteiger partial charge in [0.2, 0.25) is 10.0 Å². The Labute approximate surface area is 167 Å². The van der Waals surface area contributed by atoms with Crippen molar-refractivity contribution < 1.29 is 27.6 Å². The second-order valence-corrected chi connectivity index (χ2v) is 7.99. The summed E-state index contributed by atoms with van der Waals surface area (Å²) >= 11 is 0. The molecule has 3 aromatic rings. The number of primary sulfonamides is 1. The molecule has 0 radical (unpaired) electrons. The number of carbonyl (C=O) groups is 2. The fraction of sp³-hybridized carbons (Fsp3) is 0.150. The fourth-order valence-electron chi connectivity index (χ4n) is 2.93. The van der Waals surface area contributed by atoms with Gasteiger partial charge in [0.25, 0.3) is 0 Å². The minimum atomic E-state index is -3.81. The lowest BCUT2D eigenvalue weighted by Gasteiger charge is -2.06. The van der Waals surface area contributed by atoms with Crippen LogP contribution in [0.15, 0.2) is 57.9 Å². The summed E-state index contributed by atoms with van der Waals surface area (Å²) in [6.45, 7) is 1.72. The van der Waals surface area contributed by atoms with Gasteiger partial charge in [0.1, 0.15) is 11.5 Å². The Morgan fingerprint density at radius 3 is 2.38 bits per heavy atom. The van der Waals surface area contributed by atoms with Gasteiger partial charge in [-0.1, -0.05) is 35.5 Å². The zero-order valence-corrected chi connectivity index (χ0v) is 16.3. The molecule has 3 rings (SSSR count). The SMILES string of the molecule is Cc1onc(-c2cccc(C(=O)CCC(=O)O)c2)c1-c1ccc(S(N)(=O)=O)cc1. The van der Waals surface area contributed by atoms with Gasteiger partial charge >= 0.3 is 5.97 Å². The van der Waals surface area contributed by atoms with Crippen LogP contribution in [0.25, 0.3) is 22.4 Å². The first-order valence-corrected chi connectivity index (χ1v) is 10.2. The van der Waals surface area contributed by atoms with Crippen molar-refractivity contribution in [1.29, 1.82) is 0 Å². The highest BCUT2D eigenvalue weighted by molar-refractivity contribution is 7.89. The van der Waals surface area contributed by atoms with Crippen molar-refractivity contribution in [3.63, 3.8) is 0 Å². The third-order valence-corrected chi connectivity index (χ3v) is 5.29. The van der Waals surface area contributed by atoms with Crippen LogP contribution in [0.3, 0.4) is 0 Å². The van der Waals surface area contributed by atoms with Crippen LogP contribution >= 0.6 is 0 Å². The molecule has 9 heteroatoms. The van der Waals surface area contributed by atoms with Crippen LogP contribution in [0.1, 0.15) is 29.0 Å². The number of rotatable bonds is 7. The van der Waals surface area contributed by atoms with Crippen LogP contribution in [0, 0.1) is 6.92 Å². The zero-order chi connectivity index (χ0) is 21.2. The summed E-state index contributed by atoms with van der Waals surface area (Å²) in [6, 6.07) is 12.7. The third-order valence-electron chi connectivity index (χ3n) is 4.36. The lowest BCUT2D eigenvalue weighted by atomic mass is 9.97. The van der Waals surface area contributed by atoms with Crippen molar-refractivity contribution in [1.82, 2.24) is 5.16 Å². The standard InChI is InChI=1S/C20H18N2O6S/c1-12-19(13-5-7-16(8-6-13)29(21,26)27)20(22-28-12)15-4-2-3-14(11-15)17(23)9-10-18(24)25/h2-8,11H,9-10H2,1H3,(H,24,25)(H2,21,26,27). The predicted molar refractivity (Wildman–Crippen MR) is 105 cm³/mol. The van der Waals surface area contributed by atoms with Gasteiger partial charge in [-0.05, 0) is 30.7 Å². The zero-order valence-electron chi connectivity index (χ0n) is 15.5. The molecule has 0 aliphatic heterocycles. The van der Waals surface area contributed by atoms with E-state index < -0.39 is 16.0 Å². The summed E-state index contributed by atoms with van der Waals surface area (Å²) < 4.78 is 28.2. The summed E-state index contributed by atoms with van der Waals surface area (Å²) in [4.78, 5) is 22.9. The van der Waals surface area contributed by atoms with Gasteiger partial charge in [0.15, 0.2) is 5.78 Å². The van der Waals surface area contributed by atoms with Gasteiger partial charge in [0, 0.05) is 17.5 Å². The first kappa shape index (κ1) is 20.4. The molecule has 3 N–H and O–H groups in total. The van der Waals surface area contributed by atoms with Crippen molar-refractivity contribution in [2.45, 2.75) is 24.7 Å². The average molecular weight is 414 g/mol. The Hall–Kier alpha value is -3.30. The average Bonchev–Trinajstić information content (AvgIpc) is 3.07. The minimum Gasteiger partial charge on any atom is -0.481 e. The molecular formula is C20H18N2O6S. The van der Waals surface area contributed by atoms with Crippen molar-refractivity contribution in [3.8, 4) is 22.4 Å². The van der Waals surface area contributed by atoms with Crippen LogP contribution in [-0.4, -0.2) is 30.4 Å². The van der Waals surface area contributed by atoms with E-state index in [1.165, 1.54) is 12.1 Å². The Morgan fingerprint density at radius 1 is 1.07 bits per heavy atom. The molecule has 0 bridgehead atoms. The topological polar surface area (TPSA) is 141 Å². The van der Waals surface area contributed by atoms with Gasteiger partial charge in [-0.3, -0.25) is 9.59 Å². The molecule has 0 aliphatic carbocycles. The molecule has 150 valence electrons. The Kier molecular flexibility index (Phi) is 5.62. The molecule has 29 heavy (non-hydrogen) atoms. The van der Waals surface area contributed by atoms with E-state index in [9.17, 15) is 18.0 Å². The maximum atomic E-state index is 12.2. The number of hydrogen-bond acceptors (Lipinski definition) is 6. The van der Waals surface area contributed by atoms with E-state index in [4.69, 9.17) is 14.8 Å². The molecule has 2 aromatic carbocycles. The highest BCUT2D eigenvalue weighted by atomic mass is 32.2. The molecular weight excluding hydrogens is 396 g/mol. The van der Waals surface area contributed by atoms with Crippen LogP contribution in [0.5, 0.6) is 0 Å². The molecule has 0 fully saturated rings. The van der Waals surface area contributed by atoms with Gasteiger partial charge in [-0.15, -0.1) is 0 Å². The number of nitrogens with two attached hydrogens (primary N) is 1. The van der Waals surface area contributed by atoms with E-state index in [2.05, 4.69) is 5.16 Å². The smallest absolute Gasteiger partial charge is 0.303 e. The number of aryl methyl sites for hydroxylation is 1. The number of aromatic nitrogens is 1. The molecule has 0 saturated carbocycles. The van der Waals surface area contributed by atoms with Crippen molar-refractivity contribution in [2.75, 3.05) is 0 Å². The number of ketones is 1. The van der Waals surface area contributed by atoms with E-state index in [0.29, 0.717) is 33.7 Å². The van der Waals surface area contributed by atoms with Crippen LogP contribution in [0.4, 0.5) is 0 Å². The summed E-state index contributed by atoms with van der Waals surface area (Å²) in [5.41, 5.74) is 2.81. The number of Topliss-reactive ketones (excluding diaryl/α,β-unsaturated/α-hetero) is 1. The number of nitrogens with zero attached hydrogens (tertiary/aromatic N) is 1. The number of benzene rings is 2. The molecule has 0 aliphatic rings. The monoisotopic (exact) mass is 414 g/mol. The lowest BCUT2D eigenvalue weighted by Crippen LogP contribution is -2.11. The predicted octanol–water partition coefficient (Wildman–Crippen LogP) is 3.01. The first-order chi connectivity index (χ1) is 13.7. The van der Waals surface area contributed by atoms with E-state index >= 15 is 0 Å². The normalized spacial score (nSPS) is 11.4. The second kappa shape index (κ2) is 7.98. The largest absolute Gasteiger partial charge is 0.481 e. The number of carbonyl (C=O) groups excluding carboxylic acids is 1. The number of aliphatic carboxylic acids is 1. The van der Waals surface area contributed by atoms with Crippen LogP contribution in [-0.2, 0) is 14.8 Å². The Bertz CT molecular complexity index is 1180. The number of hydrogen-bond donors (Lipinski definition) is 2. The Balaban J connectivity index is 1.99. The van der Waals surface area contributed by atoms with Gasteiger partial charge in [-0.25, -0.2) is 13.6 Å². The Morgan fingerprint density at radius 2 is 1.76 bits per heavy atom. The number of sulfonamides is 1. The molecule has 0 saturated heterocycles. The maximum absolute atomic E-state index is 12.2. The fourth-order valence-corrected chi connectivity index (χ4v) is 3.44. The van der Waals surface area contributed by atoms with Crippen molar-refractivity contribution in [3.05, 3.63) is 59.9 Å². The van der Waals surface area contributed by atoms with E-state index in [1.807, 2.05) is 0 Å². The minimum absolute atomic E-state index is 0.0112. The van der Waals surface area contributed by atoms with Crippen molar-refractivity contribution in [2.24, 2.45) is 5.14 Å². The second-order valence-electron chi connectivity index (χ2n) is 6.43. The summed E-state index contributed by atoms with van der Waals surface area (Å²) in [7, 11) is -3.81. The number of carboxylic acids is 1. The molecule has 1 heterocycles. The van der Waals surface area contributed by atoms with Gasteiger partial charge < -0.3 is 9.63 Å². The highest BCUT2D eigenvalue weighted by Gasteiger charge is 2.19. The third kappa shape index (κ3) is 4.58. The van der Waals surface area contributed by atoms with E-state index in [1.54, 1.807) is 43.3 Å². The molecule has 0 unspecified atom stereocenters. The molecule has 0 atom stereocenters. The van der Waals surface area contributed by atoms with Crippen molar-refractivity contribution >= 4 is 21.8 Å². The molecule has 0 spiro atoms. The van der Waals surface area contributed by atoms with Crippen LogP contribution < -0.4 is 5.14 Å². The number of carboxylic acid groups (broad SMARTS) is 1. The van der Waals surface area contributed by atoms with Crippen LogP contribution in [0.2, 0.25) is 0 Å². The molecule has 8 nitrogen and oxygen atoms in total. The maximum Gasteiger partial charge on any atom is 0.303 e. The summed E-state index contributed by atoms with van der Waals surface area (Å²) in [5, 5.41) is 18.0. The van der Waals surface area contributed by atoms with E-state index in [0.717, 1.165) is 0 Å². The molecule has 0 amide bonds. The quantitative estimate of drug-likeness (QED) is 0.566. The van der Waals surface area contributed by atoms with E-state index in [-0.39, 0.29) is 23.5 Å².